The van der Waals surface area contributed by atoms with Gasteiger partial charge in [0.25, 0.3) is 11.5 Å². The first kappa shape index (κ1) is 21.5. The quantitative estimate of drug-likeness (QED) is 0.542. The SMILES string of the molecule is COc1c(C(=O)NCCCc2ccc(Cl)c(Cl)c2)c2cc(Cl)ccc2n(C)c1=O. The van der Waals surface area contributed by atoms with Gasteiger partial charge in [-0.1, -0.05) is 40.9 Å². The number of aryl methyl sites for hydroxylation is 2. The van der Waals surface area contributed by atoms with Crippen LogP contribution in [0.25, 0.3) is 10.9 Å². The van der Waals surface area contributed by atoms with Gasteiger partial charge in [-0.3, -0.25) is 9.59 Å². The molecule has 8 heteroatoms. The number of nitrogens with one attached hydrogen (secondary N) is 1. The third-order valence-electron chi connectivity index (χ3n) is 4.66. The Labute approximate surface area is 183 Å². The molecule has 152 valence electrons. The number of fused-ring (bicyclic) bond motifs is 1. The molecule has 1 amide bonds. The van der Waals surface area contributed by atoms with Gasteiger partial charge in [-0.05, 0) is 48.7 Å². The van der Waals surface area contributed by atoms with Crippen molar-refractivity contribution in [2.45, 2.75) is 12.8 Å². The Morgan fingerprint density at radius 1 is 1.10 bits per heavy atom. The van der Waals surface area contributed by atoms with E-state index in [2.05, 4.69) is 5.32 Å². The van der Waals surface area contributed by atoms with E-state index in [9.17, 15) is 9.59 Å². The highest BCUT2D eigenvalue weighted by molar-refractivity contribution is 6.42. The highest BCUT2D eigenvalue weighted by atomic mass is 35.5. The zero-order chi connectivity index (χ0) is 21.1. The van der Waals surface area contributed by atoms with E-state index >= 15 is 0 Å². The number of hydrogen-bond donors (Lipinski definition) is 1. The summed E-state index contributed by atoms with van der Waals surface area (Å²) < 4.78 is 6.70. The zero-order valence-corrected chi connectivity index (χ0v) is 18.2. The van der Waals surface area contributed by atoms with Crippen LogP contribution < -0.4 is 15.6 Å². The van der Waals surface area contributed by atoms with E-state index in [4.69, 9.17) is 39.5 Å². The fraction of sp³-hybridized carbons (Fsp3) is 0.238. The molecule has 2 aromatic carbocycles. The summed E-state index contributed by atoms with van der Waals surface area (Å²) in [6.07, 6.45) is 1.41. The number of rotatable bonds is 6. The number of ether oxygens (including phenoxy) is 1. The fourth-order valence-electron chi connectivity index (χ4n) is 3.18. The van der Waals surface area contributed by atoms with Crippen molar-refractivity contribution in [1.82, 2.24) is 9.88 Å². The van der Waals surface area contributed by atoms with Gasteiger partial charge in [0, 0.05) is 24.0 Å². The third kappa shape index (κ3) is 4.53. The molecule has 0 aliphatic carbocycles. The van der Waals surface area contributed by atoms with Crippen LogP contribution in [0.3, 0.4) is 0 Å². The van der Waals surface area contributed by atoms with Crippen molar-refractivity contribution < 1.29 is 9.53 Å². The fourth-order valence-corrected chi connectivity index (χ4v) is 3.68. The molecule has 0 aliphatic rings. The molecule has 29 heavy (non-hydrogen) atoms. The Morgan fingerprint density at radius 3 is 2.55 bits per heavy atom. The van der Waals surface area contributed by atoms with Crippen LogP contribution in [0.2, 0.25) is 15.1 Å². The molecule has 0 spiro atoms. The number of pyridine rings is 1. The van der Waals surface area contributed by atoms with E-state index < -0.39 is 0 Å². The van der Waals surface area contributed by atoms with Gasteiger partial charge in [-0.25, -0.2) is 0 Å². The van der Waals surface area contributed by atoms with Crippen LogP contribution in [-0.2, 0) is 13.5 Å². The maximum Gasteiger partial charge on any atom is 0.293 e. The van der Waals surface area contributed by atoms with E-state index in [0.29, 0.717) is 38.9 Å². The average molecular weight is 454 g/mol. The van der Waals surface area contributed by atoms with Gasteiger partial charge in [-0.2, -0.15) is 0 Å². The largest absolute Gasteiger partial charge is 0.490 e. The first-order chi connectivity index (χ1) is 13.8. The minimum Gasteiger partial charge on any atom is -0.490 e. The molecule has 3 rings (SSSR count). The first-order valence-electron chi connectivity index (χ1n) is 8.92. The molecule has 1 aromatic heterocycles. The summed E-state index contributed by atoms with van der Waals surface area (Å²) in [5, 5.41) is 4.89. The lowest BCUT2D eigenvalue weighted by molar-refractivity contribution is 0.0951. The van der Waals surface area contributed by atoms with E-state index in [1.54, 1.807) is 31.3 Å². The predicted molar refractivity (Wildman–Crippen MR) is 118 cm³/mol. The van der Waals surface area contributed by atoms with Gasteiger partial charge in [0.15, 0.2) is 5.75 Å². The molecule has 3 aromatic rings. The van der Waals surface area contributed by atoms with Crippen LogP contribution in [0, 0.1) is 0 Å². The highest BCUT2D eigenvalue weighted by Gasteiger charge is 2.21. The Bertz CT molecular complexity index is 1140. The lowest BCUT2D eigenvalue weighted by Gasteiger charge is -2.15. The summed E-state index contributed by atoms with van der Waals surface area (Å²) in [5.74, 6) is -0.398. The zero-order valence-electron chi connectivity index (χ0n) is 15.9. The Hall–Kier alpha value is -2.21. The standard InChI is InChI=1S/C21H19Cl3N2O3/c1-26-17-8-6-13(22)11-14(17)18(19(29-2)21(26)28)20(27)25-9-3-4-12-5-7-15(23)16(24)10-12/h5-8,10-11H,3-4,9H2,1-2H3,(H,25,27). The van der Waals surface area contributed by atoms with Crippen molar-refractivity contribution in [3.05, 3.63) is 72.9 Å². The average Bonchev–Trinajstić information content (AvgIpc) is 2.70. The van der Waals surface area contributed by atoms with Crippen molar-refractivity contribution >= 4 is 51.6 Å². The van der Waals surface area contributed by atoms with Crippen molar-refractivity contribution in [2.24, 2.45) is 7.05 Å². The summed E-state index contributed by atoms with van der Waals surface area (Å²) in [6.45, 7) is 0.416. The summed E-state index contributed by atoms with van der Waals surface area (Å²) >= 11 is 18.1. The number of halogens is 3. The van der Waals surface area contributed by atoms with E-state index in [0.717, 1.165) is 12.0 Å². The highest BCUT2D eigenvalue weighted by Crippen LogP contribution is 2.27. The lowest BCUT2D eigenvalue weighted by Crippen LogP contribution is -2.29. The summed E-state index contributed by atoms with van der Waals surface area (Å²) in [5.41, 5.74) is 1.42. The third-order valence-corrected chi connectivity index (χ3v) is 5.63. The number of methoxy groups -OCH3 is 1. The number of hydrogen-bond acceptors (Lipinski definition) is 3. The van der Waals surface area contributed by atoms with Gasteiger partial charge in [0.05, 0.1) is 28.2 Å². The van der Waals surface area contributed by atoms with Crippen LogP contribution >= 0.6 is 34.8 Å². The molecule has 0 saturated carbocycles. The summed E-state index contributed by atoms with van der Waals surface area (Å²) in [6, 6.07) is 10.5. The van der Waals surface area contributed by atoms with Gasteiger partial charge >= 0.3 is 0 Å². The Balaban J connectivity index is 1.81. The molecule has 0 fully saturated rings. The predicted octanol–water partition coefficient (Wildman–Crippen LogP) is 4.87. The second-order valence-corrected chi connectivity index (χ2v) is 7.79. The minimum absolute atomic E-state index is 0.00995. The second-order valence-electron chi connectivity index (χ2n) is 6.54. The molecule has 1 N–H and O–H groups in total. The van der Waals surface area contributed by atoms with Gasteiger partial charge in [0.1, 0.15) is 0 Å². The number of nitrogens with zero attached hydrogens (tertiary/aromatic N) is 1. The second kappa shape index (κ2) is 9.08. The smallest absolute Gasteiger partial charge is 0.293 e. The summed E-state index contributed by atoms with van der Waals surface area (Å²) in [4.78, 5) is 25.5. The van der Waals surface area contributed by atoms with Crippen molar-refractivity contribution in [3.63, 3.8) is 0 Å². The minimum atomic E-state index is -0.388. The van der Waals surface area contributed by atoms with Crippen LogP contribution in [0.15, 0.2) is 41.2 Å². The van der Waals surface area contributed by atoms with Crippen LogP contribution in [0.5, 0.6) is 5.75 Å². The van der Waals surface area contributed by atoms with Crippen LogP contribution in [-0.4, -0.2) is 24.1 Å². The van der Waals surface area contributed by atoms with Gasteiger partial charge in [-0.15, -0.1) is 0 Å². The molecular formula is C21H19Cl3N2O3. The van der Waals surface area contributed by atoms with Crippen LogP contribution in [0.1, 0.15) is 22.3 Å². The van der Waals surface area contributed by atoms with Crippen molar-refractivity contribution in [2.75, 3.05) is 13.7 Å². The Kier molecular flexibility index (Phi) is 6.73. The molecule has 0 radical (unpaired) electrons. The first-order valence-corrected chi connectivity index (χ1v) is 10.0. The number of carbonyl (C=O) groups excluding carboxylic acids is 1. The van der Waals surface area contributed by atoms with Crippen LogP contribution in [0.4, 0.5) is 0 Å². The lowest BCUT2D eigenvalue weighted by atomic mass is 10.1. The molecule has 0 atom stereocenters. The van der Waals surface area contributed by atoms with E-state index in [-0.39, 0.29) is 22.8 Å². The number of benzene rings is 2. The maximum absolute atomic E-state index is 12.9. The molecule has 5 nitrogen and oxygen atoms in total. The summed E-state index contributed by atoms with van der Waals surface area (Å²) in [7, 11) is 2.99. The van der Waals surface area contributed by atoms with E-state index in [1.807, 2.05) is 12.1 Å². The van der Waals surface area contributed by atoms with Crippen molar-refractivity contribution in [1.29, 1.82) is 0 Å². The molecule has 0 aliphatic heterocycles. The van der Waals surface area contributed by atoms with Crippen molar-refractivity contribution in [3.8, 4) is 5.75 Å². The number of carbonyl (C=O) groups is 1. The Morgan fingerprint density at radius 2 is 1.86 bits per heavy atom. The van der Waals surface area contributed by atoms with E-state index in [1.165, 1.54) is 11.7 Å². The monoisotopic (exact) mass is 452 g/mol. The van der Waals surface area contributed by atoms with Gasteiger partial charge < -0.3 is 14.6 Å². The number of aromatic nitrogens is 1. The molecule has 1 heterocycles. The normalized spacial score (nSPS) is 10.9. The van der Waals surface area contributed by atoms with Gasteiger partial charge in [0.2, 0.25) is 0 Å². The molecule has 0 saturated heterocycles. The molecule has 0 unspecified atom stereocenters. The maximum atomic E-state index is 12.9. The topological polar surface area (TPSA) is 60.3 Å². The molecular weight excluding hydrogens is 435 g/mol. The number of amides is 1. The molecule has 0 bridgehead atoms.